The van der Waals surface area contributed by atoms with E-state index in [0.29, 0.717) is 12.4 Å². The quantitative estimate of drug-likeness (QED) is 0.817. The Morgan fingerprint density at radius 3 is 2.95 bits per heavy atom. The second kappa shape index (κ2) is 5.71. The Morgan fingerprint density at radius 2 is 2.32 bits per heavy atom. The average Bonchev–Trinajstić information content (AvgIpc) is 2.74. The molecule has 0 amide bonds. The SMILES string of the molecule is Cn1nccc1CCNc1cc(C(=O)O)cc(Cl)n1. The number of aromatic nitrogens is 3. The maximum atomic E-state index is 10.9. The summed E-state index contributed by atoms with van der Waals surface area (Å²) < 4.78 is 1.79. The van der Waals surface area contributed by atoms with Crippen molar-refractivity contribution in [2.75, 3.05) is 11.9 Å². The number of hydrogen-bond donors (Lipinski definition) is 2. The van der Waals surface area contributed by atoms with Crippen molar-refractivity contribution in [1.29, 1.82) is 0 Å². The van der Waals surface area contributed by atoms with Gasteiger partial charge in [-0.2, -0.15) is 5.10 Å². The van der Waals surface area contributed by atoms with Crippen LogP contribution in [-0.2, 0) is 13.5 Å². The third kappa shape index (κ3) is 3.45. The standard InChI is InChI=1S/C12H13ClN4O2/c1-17-9(3-5-15-17)2-4-14-11-7-8(12(18)19)6-10(13)16-11/h3,5-7H,2,4H2,1H3,(H,14,16)(H,18,19). The van der Waals surface area contributed by atoms with E-state index < -0.39 is 5.97 Å². The number of pyridine rings is 1. The number of carboxylic acids is 1. The molecule has 0 aliphatic heterocycles. The van der Waals surface area contributed by atoms with Gasteiger partial charge in [-0.05, 0) is 18.2 Å². The van der Waals surface area contributed by atoms with Crippen LogP contribution in [-0.4, -0.2) is 32.4 Å². The molecular weight excluding hydrogens is 268 g/mol. The highest BCUT2D eigenvalue weighted by atomic mass is 35.5. The van der Waals surface area contributed by atoms with Gasteiger partial charge < -0.3 is 10.4 Å². The number of anilines is 1. The van der Waals surface area contributed by atoms with Crippen molar-refractivity contribution in [2.45, 2.75) is 6.42 Å². The summed E-state index contributed by atoms with van der Waals surface area (Å²) in [5.74, 6) is -0.578. The fraction of sp³-hybridized carbons (Fsp3) is 0.250. The molecule has 0 aromatic carbocycles. The van der Waals surface area contributed by atoms with Gasteiger partial charge in [-0.15, -0.1) is 0 Å². The molecule has 0 radical (unpaired) electrons. The highest BCUT2D eigenvalue weighted by molar-refractivity contribution is 6.29. The number of carboxylic acid groups (broad SMARTS) is 1. The van der Waals surface area contributed by atoms with Gasteiger partial charge >= 0.3 is 5.97 Å². The lowest BCUT2D eigenvalue weighted by molar-refractivity contribution is 0.0697. The number of carbonyl (C=O) groups is 1. The first-order valence-corrected chi connectivity index (χ1v) is 6.05. The van der Waals surface area contributed by atoms with Crippen LogP contribution in [0.15, 0.2) is 24.4 Å². The first-order valence-electron chi connectivity index (χ1n) is 5.68. The highest BCUT2D eigenvalue weighted by Crippen LogP contribution is 2.14. The summed E-state index contributed by atoms with van der Waals surface area (Å²) in [5.41, 5.74) is 1.19. The highest BCUT2D eigenvalue weighted by Gasteiger charge is 2.07. The van der Waals surface area contributed by atoms with Crippen molar-refractivity contribution in [3.05, 3.63) is 40.8 Å². The van der Waals surface area contributed by atoms with Crippen LogP contribution in [0.2, 0.25) is 5.15 Å². The lowest BCUT2D eigenvalue weighted by Gasteiger charge is -2.07. The zero-order valence-electron chi connectivity index (χ0n) is 10.3. The van der Waals surface area contributed by atoms with Gasteiger partial charge in [0.15, 0.2) is 0 Å². The minimum absolute atomic E-state index is 0.114. The lowest BCUT2D eigenvalue weighted by atomic mass is 10.2. The van der Waals surface area contributed by atoms with Gasteiger partial charge in [-0.3, -0.25) is 4.68 Å². The van der Waals surface area contributed by atoms with Crippen LogP contribution >= 0.6 is 11.6 Å². The van der Waals surface area contributed by atoms with Crippen LogP contribution in [0.5, 0.6) is 0 Å². The number of aryl methyl sites for hydroxylation is 1. The molecule has 0 saturated carbocycles. The van der Waals surface area contributed by atoms with E-state index in [1.54, 1.807) is 10.9 Å². The smallest absolute Gasteiger partial charge is 0.335 e. The van der Waals surface area contributed by atoms with Crippen molar-refractivity contribution >= 4 is 23.4 Å². The molecule has 0 fully saturated rings. The average molecular weight is 281 g/mol. The van der Waals surface area contributed by atoms with Gasteiger partial charge in [0.2, 0.25) is 0 Å². The number of nitrogens with zero attached hydrogens (tertiary/aromatic N) is 3. The molecule has 19 heavy (non-hydrogen) atoms. The first kappa shape index (κ1) is 13.4. The zero-order valence-corrected chi connectivity index (χ0v) is 11.1. The van der Waals surface area contributed by atoms with E-state index in [9.17, 15) is 4.79 Å². The van der Waals surface area contributed by atoms with Crippen molar-refractivity contribution in [2.24, 2.45) is 7.05 Å². The fourth-order valence-electron chi connectivity index (χ4n) is 1.68. The molecule has 0 aliphatic rings. The molecule has 0 saturated heterocycles. The Balaban J connectivity index is 2.00. The van der Waals surface area contributed by atoms with Crippen LogP contribution in [0.1, 0.15) is 16.1 Å². The van der Waals surface area contributed by atoms with E-state index in [1.807, 2.05) is 13.1 Å². The number of rotatable bonds is 5. The third-order valence-corrected chi connectivity index (χ3v) is 2.84. The number of nitrogens with one attached hydrogen (secondary N) is 1. The second-order valence-corrected chi connectivity index (χ2v) is 4.38. The Morgan fingerprint density at radius 1 is 1.53 bits per heavy atom. The molecule has 2 aromatic rings. The number of hydrogen-bond acceptors (Lipinski definition) is 4. The van der Waals surface area contributed by atoms with E-state index in [2.05, 4.69) is 15.4 Å². The monoisotopic (exact) mass is 280 g/mol. The largest absolute Gasteiger partial charge is 0.478 e. The molecule has 7 heteroatoms. The normalized spacial score (nSPS) is 10.4. The van der Waals surface area contributed by atoms with Crippen molar-refractivity contribution < 1.29 is 9.90 Å². The topological polar surface area (TPSA) is 80.0 Å². The van der Waals surface area contributed by atoms with Gasteiger partial charge in [0.25, 0.3) is 0 Å². The van der Waals surface area contributed by atoms with E-state index in [4.69, 9.17) is 16.7 Å². The summed E-state index contributed by atoms with van der Waals surface area (Å²) in [6, 6.07) is 4.70. The zero-order chi connectivity index (χ0) is 13.8. The van der Waals surface area contributed by atoms with Crippen LogP contribution in [0.25, 0.3) is 0 Å². The Hall–Kier alpha value is -2.08. The van der Waals surface area contributed by atoms with Gasteiger partial charge in [0, 0.05) is 31.9 Å². The molecule has 2 aromatic heterocycles. The van der Waals surface area contributed by atoms with Crippen LogP contribution < -0.4 is 5.32 Å². The molecule has 100 valence electrons. The van der Waals surface area contributed by atoms with Crippen molar-refractivity contribution in [1.82, 2.24) is 14.8 Å². The lowest BCUT2D eigenvalue weighted by Crippen LogP contribution is -2.10. The maximum Gasteiger partial charge on any atom is 0.335 e. The second-order valence-electron chi connectivity index (χ2n) is 3.99. The minimum atomic E-state index is -1.03. The molecule has 0 aliphatic carbocycles. The molecule has 6 nitrogen and oxygen atoms in total. The van der Waals surface area contributed by atoms with E-state index in [-0.39, 0.29) is 10.7 Å². The molecule has 2 heterocycles. The van der Waals surface area contributed by atoms with Crippen LogP contribution in [0.4, 0.5) is 5.82 Å². The molecule has 2 N–H and O–H groups in total. The number of aromatic carboxylic acids is 1. The van der Waals surface area contributed by atoms with E-state index >= 15 is 0 Å². The summed E-state index contributed by atoms with van der Waals surface area (Å²) in [5, 5.41) is 16.2. The summed E-state index contributed by atoms with van der Waals surface area (Å²) in [7, 11) is 1.87. The predicted molar refractivity (Wildman–Crippen MR) is 71.6 cm³/mol. The van der Waals surface area contributed by atoms with Gasteiger partial charge in [0.05, 0.1) is 5.56 Å². The van der Waals surface area contributed by atoms with Crippen LogP contribution in [0.3, 0.4) is 0 Å². The minimum Gasteiger partial charge on any atom is -0.478 e. The fourth-order valence-corrected chi connectivity index (χ4v) is 1.88. The summed E-state index contributed by atoms with van der Waals surface area (Å²) in [4.78, 5) is 14.9. The predicted octanol–water partition coefficient (Wildman–Crippen LogP) is 1.82. The maximum absolute atomic E-state index is 10.9. The van der Waals surface area contributed by atoms with Crippen molar-refractivity contribution in [3.8, 4) is 0 Å². The van der Waals surface area contributed by atoms with E-state index in [0.717, 1.165) is 12.1 Å². The van der Waals surface area contributed by atoms with Crippen molar-refractivity contribution in [3.63, 3.8) is 0 Å². The van der Waals surface area contributed by atoms with Gasteiger partial charge in [-0.1, -0.05) is 11.6 Å². The van der Waals surface area contributed by atoms with Gasteiger partial charge in [-0.25, -0.2) is 9.78 Å². The van der Waals surface area contributed by atoms with Crippen LogP contribution in [0, 0.1) is 0 Å². The Labute approximate surface area is 115 Å². The first-order chi connectivity index (χ1) is 9.06. The molecular formula is C12H13ClN4O2. The number of halogens is 1. The van der Waals surface area contributed by atoms with Gasteiger partial charge in [0.1, 0.15) is 11.0 Å². The summed E-state index contributed by atoms with van der Waals surface area (Å²) in [6.07, 6.45) is 2.49. The Bertz CT molecular complexity index is 597. The molecule has 0 unspecified atom stereocenters. The molecule has 0 spiro atoms. The molecule has 0 atom stereocenters. The summed E-state index contributed by atoms with van der Waals surface area (Å²) >= 11 is 5.77. The third-order valence-electron chi connectivity index (χ3n) is 2.65. The molecule has 2 rings (SSSR count). The van der Waals surface area contributed by atoms with E-state index in [1.165, 1.54) is 12.1 Å². The summed E-state index contributed by atoms with van der Waals surface area (Å²) in [6.45, 7) is 0.617. The Kier molecular flexibility index (Phi) is 4.01. The molecule has 0 bridgehead atoms.